The highest BCUT2D eigenvalue weighted by Crippen LogP contribution is 2.29. The number of amides is 1. The van der Waals surface area contributed by atoms with Gasteiger partial charge in [0.25, 0.3) is 0 Å². The van der Waals surface area contributed by atoms with E-state index in [1.165, 1.54) is 18.1 Å². The Balaban J connectivity index is 1.64. The lowest BCUT2D eigenvalue weighted by Crippen LogP contribution is -2.38. The van der Waals surface area contributed by atoms with Crippen LogP contribution < -0.4 is 9.80 Å². The van der Waals surface area contributed by atoms with Crippen molar-refractivity contribution < 1.29 is 18.7 Å². The first kappa shape index (κ1) is 20.9. The molecule has 7 nitrogen and oxygen atoms in total. The van der Waals surface area contributed by atoms with E-state index in [1.54, 1.807) is 30.3 Å². The minimum atomic E-state index is -0.488. The number of carbonyl (C=O) groups is 1. The number of halogens is 1. The molecule has 1 aromatic rings. The molecule has 0 N–H and O–H groups in total. The normalized spacial score (nSPS) is 18.4. The predicted molar refractivity (Wildman–Crippen MR) is 114 cm³/mol. The number of hydrogen-bond donors (Lipinski definition) is 0. The molecule has 0 radical (unpaired) electrons. The molecule has 0 saturated carbocycles. The third kappa shape index (κ3) is 5.15. The molecule has 1 aromatic carbocycles. The van der Waals surface area contributed by atoms with E-state index in [0.717, 1.165) is 0 Å². The van der Waals surface area contributed by atoms with Crippen LogP contribution in [-0.2, 0) is 9.47 Å². The molecule has 1 fully saturated rings. The van der Waals surface area contributed by atoms with Crippen molar-refractivity contribution in [3.8, 4) is 11.8 Å². The van der Waals surface area contributed by atoms with Gasteiger partial charge in [-0.3, -0.25) is 9.91 Å². The Kier molecular flexibility index (Phi) is 6.88. The van der Waals surface area contributed by atoms with Crippen molar-refractivity contribution in [2.45, 2.75) is 25.9 Å². The van der Waals surface area contributed by atoms with Gasteiger partial charge < -0.3 is 14.4 Å². The summed E-state index contributed by atoms with van der Waals surface area (Å²) in [6, 6.07) is 4.71. The van der Waals surface area contributed by atoms with E-state index in [-0.39, 0.29) is 6.10 Å². The van der Waals surface area contributed by atoms with Crippen LogP contribution in [0.25, 0.3) is 0 Å². The minimum absolute atomic E-state index is 0.301. The maximum absolute atomic E-state index is 14.8. The molecule has 1 atom stereocenters. The number of benzene rings is 1. The van der Waals surface area contributed by atoms with Crippen LogP contribution in [0.4, 0.5) is 20.6 Å². The van der Waals surface area contributed by atoms with Gasteiger partial charge in [0.1, 0.15) is 18.3 Å². The fourth-order valence-electron chi connectivity index (χ4n) is 3.11. The molecule has 2 aliphatic heterocycles. The van der Waals surface area contributed by atoms with Gasteiger partial charge in [0, 0.05) is 13.0 Å². The van der Waals surface area contributed by atoms with Gasteiger partial charge in [-0.1, -0.05) is 5.92 Å². The van der Waals surface area contributed by atoms with E-state index in [1.807, 2.05) is 5.01 Å². The molecule has 0 unspecified atom stereocenters. The predicted octanol–water partition coefficient (Wildman–Crippen LogP) is 2.99. The van der Waals surface area contributed by atoms with Gasteiger partial charge in [0.05, 0.1) is 38.1 Å². The number of hydrogen-bond acceptors (Lipinski definition) is 7. The lowest BCUT2D eigenvalue weighted by molar-refractivity contribution is 0.137. The summed E-state index contributed by atoms with van der Waals surface area (Å²) < 4.78 is 25.1. The van der Waals surface area contributed by atoms with Crippen molar-refractivity contribution in [2.24, 2.45) is 5.10 Å². The van der Waals surface area contributed by atoms with E-state index in [9.17, 15) is 9.18 Å². The van der Waals surface area contributed by atoms with Crippen LogP contribution in [0.1, 0.15) is 19.8 Å². The molecule has 3 rings (SSSR count). The third-order valence-corrected chi connectivity index (χ3v) is 5.09. The number of thiocarbonyl (C=S) groups is 1. The number of cyclic esters (lactones) is 1. The number of anilines is 2. The first-order valence-corrected chi connectivity index (χ1v) is 9.72. The summed E-state index contributed by atoms with van der Waals surface area (Å²) in [4.78, 5) is 15.4. The smallest absolute Gasteiger partial charge is 0.414 e. The Morgan fingerprint density at radius 2 is 2.28 bits per heavy atom. The quantitative estimate of drug-likeness (QED) is 0.523. The zero-order chi connectivity index (χ0) is 20.8. The highest BCUT2D eigenvalue weighted by Gasteiger charge is 2.32. The molecule has 1 saturated heterocycles. The molecule has 2 aliphatic rings. The van der Waals surface area contributed by atoms with Crippen LogP contribution in [-0.4, -0.2) is 61.9 Å². The van der Waals surface area contributed by atoms with E-state index in [2.05, 4.69) is 16.9 Å². The summed E-state index contributed by atoms with van der Waals surface area (Å²) >= 11 is 5.01. The van der Waals surface area contributed by atoms with E-state index >= 15 is 0 Å². The van der Waals surface area contributed by atoms with Gasteiger partial charge in [-0.15, -0.1) is 5.92 Å². The Labute approximate surface area is 175 Å². The Morgan fingerprint density at radius 1 is 1.45 bits per heavy atom. The van der Waals surface area contributed by atoms with Crippen LogP contribution in [0.15, 0.2) is 23.3 Å². The highest BCUT2D eigenvalue weighted by molar-refractivity contribution is 7.80. The fraction of sp³-hybridized carbons (Fsp3) is 0.450. The van der Waals surface area contributed by atoms with Gasteiger partial charge in [-0.05, 0) is 43.8 Å². The zero-order valence-corrected chi connectivity index (χ0v) is 17.2. The van der Waals surface area contributed by atoms with E-state index in [4.69, 9.17) is 21.7 Å². The van der Waals surface area contributed by atoms with Gasteiger partial charge >= 0.3 is 6.09 Å². The summed E-state index contributed by atoms with van der Waals surface area (Å²) in [6.07, 6.45) is 1.90. The van der Waals surface area contributed by atoms with Crippen molar-refractivity contribution in [3.63, 3.8) is 0 Å². The van der Waals surface area contributed by atoms with E-state index < -0.39 is 11.9 Å². The highest BCUT2D eigenvalue weighted by atomic mass is 32.1. The van der Waals surface area contributed by atoms with Crippen molar-refractivity contribution in [2.75, 3.05) is 43.1 Å². The third-order valence-electron chi connectivity index (χ3n) is 4.72. The molecule has 0 aliphatic carbocycles. The Hall–Kier alpha value is -2.86. The molecule has 0 aromatic heterocycles. The number of ether oxygens (including phenoxy) is 2. The van der Waals surface area contributed by atoms with Gasteiger partial charge in [0.2, 0.25) is 0 Å². The number of nitrogens with zero attached hydrogens (tertiary/aromatic N) is 4. The van der Waals surface area contributed by atoms with Crippen molar-refractivity contribution in [1.29, 1.82) is 0 Å². The maximum atomic E-state index is 14.8. The van der Waals surface area contributed by atoms with Crippen molar-refractivity contribution >= 4 is 41.1 Å². The topological polar surface area (TPSA) is 57.6 Å². The molecular formula is C20H23FN4O3S. The zero-order valence-electron chi connectivity index (χ0n) is 16.4. The average Bonchev–Trinajstić information content (AvgIpc) is 3.11. The van der Waals surface area contributed by atoms with Crippen molar-refractivity contribution in [1.82, 2.24) is 5.01 Å². The molecule has 1 amide bonds. The molecule has 29 heavy (non-hydrogen) atoms. The van der Waals surface area contributed by atoms with Crippen LogP contribution >= 0.6 is 12.2 Å². The molecular weight excluding hydrogens is 395 g/mol. The molecule has 154 valence electrons. The monoisotopic (exact) mass is 418 g/mol. The first-order chi connectivity index (χ1) is 14.0. The number of hydrazone groups is 1. The SMILES string of the molecule is CC#CCN1CCN(c2ccc(N3C[C@H](CCC(=S)OC)OC3=O)cc2F)C=N1. The fourth-order valence-corrected chi connectivity index (χ4v) is 3.22. The summed E-state index contributed by atoms with van der Waals surface area (Å²) in [6.45, 7) is 3.93. The van der Waals surface area contributed by atoms with Gasteiger partial charge in [-0.25, -0.2) is 9.18 Å². The van der Waals surface area contributed by atoms with Gasteiger partial charge in [0.15, 0.2) is 5.05 Å². The average molecular weight is 418 g/mol. The maximum Gasteiger partial charge on any atom is 0.414 e. The lowest BCUT2D eigenvalue weighted by Gasteiger charge is -2.29. The molecule has 2 heterocycles. The van der Waals surface area contributed by atoms with Crippen LogP contribution in [0.3, 0.4) is 0 Å². The van der Waals surface area contributed by atoms with E-state index in [0.29, 0.717) is 55.4 Å². The molecule has 9 heteroatoms. The second-order valence-electron chi connectivity index (χ2n) is 6.61. The number of methoxy groups -OCH3 is 1. The molecule has 0 spiro atoms. The summed E-state index contributed by atoms with van der Waals surface area (Å²) in [5, 5.41) is 6.59. The van der Waals surface area contributed by atoms with Crippen LogP contribution in [0.2, 0.25) is 0 Å². The lowest BCUT2D eigenvalue weighted by atomic mass is 10.2. The number of carbonyl (C=O) groups excluding carboxylic acids is 1. The second kappa shape index (κ2) is 9.56. The summed E-state index contributed by atoms with van der Waals surface area (Å²) in [5.74, 6) is 5.36. The second-order valence-corrected chi connectivity index (χ2v) is 7.06. The first-order valence-electron chi connectivity index (χ1n) is 9.31. The Bertz CT molecular complexity index is 867. The van der Waals surface area contributed by atoms with Crippen molar-refractivity contribution in [3.05, 3.63) is 24.0 Å². The summed E-state index contributed by atoms with van der Waals surface area (Å²) in [7, 11) is 1.52. The largest absolute Gasteiger partial charge is 0.490 e. The Morgan fingerprint density at radius 3 is 2.93 bits per heavy atom. The van der Waals surface area contributed by atoms with Crippen LogP contribution in [0.5, 0.6) is 0 Å². The van der Waals surface area contributed by atoms with Gasteiger partial charge in [-0.2, -0.15) is 5.10 Å². The molecule has 0 bridgehead atoms. The van der Waals surface area contributed by atoms with Crippen LogP contribution in [0, 0.1) is 17.7 Å². The number of rotatable bonds is 6. The standard InChI is InChI=1S/C20H23FN4O3S/c1-3-4-9-24-11-10-23(14-22-24)18-7-5-15(12-17(18)21)25-13-16(28-20(25)26)6-8-19(29)27-2/h5,7,12,14,16H,6,8-11,13H2,1-2H3/t16-/m0/s1. The summed E-state index contributed by atoms with van der Waals surface area (Å²) in [5.41, 5.74) is 0.871. The minimum Gasteiger partial charge on any atom is -0.490 e.